The van der Waals surface area contributed by atoms with Crippen molar-refractivity contribution in [3.63, 3.8) is 0 Å². The Morgan fingerprint density at radius 3 is 3.12 bits per heavy atom. The summed E-state index contributed by atoms with van der Waals surface area (Å²) in [6, 6.07) is 8.29. The predicted molar refractivity (Wildman–Crippen MR) is 65.4 cm³/mol. The zero-order valence-corrected chi connectivity index (χ0v) is 9.57. The first-order chi connectivity index (χ1) is 7.85. The Kier molecular flexibility index (Phi) is 3.48. The molecule has 0 saturated carbocycles. The lowest BCUT2D eigenvalue weighted by atomic mass is 9.91. The van der Waals surface area contributed by atoms with Gasteiger partial charge in [-0.1, -0.05) is 31.0 Å². The zero-order chi connectivity index (χ0) is 11.4. The minimum Gasteiger partial charge on any atom is -0.493 e. The van der Waals surface area contributed by atoms with Crippen LogP contribution >= 0.6 is 0 Å². The van der Waals surface area contributed by atoms with E-state index in [4.69, 9.17) is 11.2 Å². The normalized spacial score (nSPS) is 20.4. The monoisotopic (exact) mass is 215 g/mol. The number of hydrogen-bond acceptors (Lipinski definition) is 2. The van der Waals surface area contributed by atoms with Crippen LogP contribution in [0.25, 0.3) is 0 Å². The molecule has 0 aliphatic carbocycles. The van der Waals surface area contributed by atoms with Gasteiger partial charge in [0.2, 0.25) is 0 Å². The summed E-state index contributed by atoms with van der Waals surface area (Å²) in [6.45, 7) is 3.67. The molecule has 16 heavy (non-hydrogen) atoms. The van der Waals surface area contributed by atoms with Gasteiger partial charge >= 0.3 is 0 Å². The summed E-state index contributed by atoms with van der Waals surface area (Å²) >= 11 is 0. The van der Waals surface area contributed by atoms with Gasteiger partial charge in [-0.05, 0) is 24.6 Å². The first kappa shape index (κ1) is 11.0. The number of nitrogens with one attached hydrogen (secondary N) is 1. The van der Waals surface area contributed by atoms with Crippen molar-refractivity contribution in [2.24, 2.45) is 5.92 Å². The number of terminal acetylenes is 1. The first-order valence-corrected chi connectivity index (χ1v) is 5.75. The van der Waals surface area contributed by atoms with Crippen LogP contribution in [-0.2, 0) is 6.42 Å². The van der Waals surface area contributed by atoms with E-state index in [0.29, 0.717) is 12.5 Å². The number of fused-ring (bicyclic) bond motifs is 1. The highest BCUT2D eigenvalue weighted by molar-refractivity contribution is 5.35. The Balaban J connectivity index is 2.10. The molecule has 2 unspecified atom stereocenters. The quantitative estimate of drug-likeness (QED) is 0.777. The number of para-hydroxylation sites is 1. The third kappa shape index (κ3) is 2.20. The molecule has 84 valence electrons. The molecule has 0 aromatic heterocycles. The standard InChI is InChI=1S/C14H17NO/c1-3-13(15-4-2)12-9-11-7-5-6-8-14(11)16-10-12/h1,5-8,12-13,15H,4,9-10H2,2H3. The van der Waals surface area contributed by atoms with Gasteiger partial charge in [0.25, 0.3) is 0 Å². The van der Waals surface area contributed by atoms with E-state index in [9.17, 15) is 0 Å². The van der Waals surface area contributed by atoms with Crippen LogP contribution in [0.4, 0.5) is 0 Å². The smallest absolute Gasteiger partial charge is 0.122 e. The lowest BCUT2D eigenvalue weighted by molar-refractivity contribution is 0.202. The highest BCUT2D eigenvalue weighted by Crippen LogP contribution is 2.28. The number of benzene rings is 1. The molecule has 1 aliphatic rings. The fourth-order valence-electron chi connectivity index (χ4n) is 2.15. The lowest BCUT2D eigenvalue weighted by Crippen LogP contribution is -2.40. The van der Waals surface area contributed by atoms with Crippen molar-refractivity contribution in [1.29, 1.82) is 0 Å². The third-order valence-corrected chi connectivity index (χ3v) is 2.98. The van der Waals surface area contributed by atoms with Crippen molar-refractivity contribution in [3.05, 3.63) is 29.8 Å². The van der Waals surface area contributed by atoms with Crippen LogP contribution in [0.2, 0.25) is 0 Å². The van der Waals surface area contributed by atoms with Gasteiger partial charge in [-0.3, -0.25) is 0 Å². The van der Waals surface area contributed by atoms with E-state index in [-0.39, 0.29) is 6.04 Å². The van der Waals surface area contributed by atoms with Gasteiger partial charge in [-0.25, -0.2) is 0 Å². The molecule has 0 saturated heterocycles. The average molecular weight is 215 g/mol. The molecular formula is C14H17NO. The van der Waals surface area contributed by atoms with Crippen LogP contribution in [0.15, 0.2) is 24.3 Å². The van der Waals surface area contributed by atoms with Crippen molar-refractivity contribution < 1.29 is 4.74 Å². The summed E-state index contributed by atoms with van der Waals surface area (Å²) in [5, 5.41) is 3.32. The number of rotatable bonds is 3. The molecule has 2 heteroatoms. The van der Waals surface area contributed by atoms with Gasteiger partial charge in [0.05, 0.1) is 12.6 Å². The Hall–Kier alpha value is -1.46. The minimum atomic E-state index is 0.110. The maximum Gasteiger partial charge on any atom is 0.122 e. The second-order valence-corrected chi connectivity index (χ2v) is 4.08. The van der Waals surface area contributed by atoms with Crippen LogP contribution < -0.4 is 10.1 Å². The second-order valence-electron chi connectivity index (χ2n) is 4.08. The van der Waals surface area contributed by atoms with Crippen LogP contribution in [0.3, 0.4) is 0 Å². The third-order valence-electron chi connectivity index (χ3n) is 2.98. The summed E-state index contributed by atoms with van der Waals surface area (Å²) in [5.74, 6) is 4.19. The van der Waals surface area contributed by atoms with Crippen molar-refractivity contribution >= 4 is 0 Å². The number of hydrogen-bond donors (Lipinski definition) is 1. The van der Waals surface area contributed by atoms with Gasteiger partial charge in [-0.15, -0.1) is 6.42 Å². The Morgan fingerprint density at radius 1 is 1.56 bits per heavy atom. The van der Waals surface area contributed by atoms with Crippen molar-refractivity contribution in [1.82, 2.24) is 5.32 Å². The van der Waals surface area contributed by atoms with Crippen LogP contribution in [-0.4, -0.2) is 19.2 Å². The Morgan fingerprint density at radius 2 is 2.38 bits per heavy atom. The highest BCUT2D eigenvalue weighted by Gasteiger charge is 2.25. The maximum atomic E-state index is 5.73. The van der Waals surface area contributed by atoms with Crippen molar-refractivity contribution in [2.45, 2.75) is 19.4 Å². The van der Waals surface area contributed by atoms with E-state index >= 15 is 0 Å². The van der Waals surface area contributed by atoms with Gasteiger partial charge in [0, 0.05) is 5.92 Å². The molecule has 0 spiro atoms. The molecule has 1 aliphatic heterocycles. The summed E-state index contributed by atoms with van der Waals surface area (Å²) in [4.78, 5) is 0. The molecule has 0 amide bonds. The van der Waals surface area contributed by atoms with Crippen LogP contribution in [0.1, 0.15) is 12.5 Å². The molecule has 1 aromatic carbocycles. The van der Waals surface area contributed by atoms with Gasteiger partial charge < -0.3 is 10.1 Å². The zero-order valence-electron chi connectivity index (χ0n) is 9.57. The van der Waals surface area contributed by atoms with Gasteiger partial charge in [0.15, 0.2) is 0 Å². The van der Waals surface area contributed by atoms with E-state index in [1.54, 1.807) is 0 Å². The SMILES string of the molecule is C#CC(NCC)C1COc2ccccc2C1. The Bertz CT molecular complexity index is 394. The summed E-state index contributed by atoms with van der Waals surface area (Å²) < 4.78 is 5.73. The first-order valence-electron chi connectivity index (χ1n) is 5.75. The molecule has 0 fully saturated rings. The van der Waals surface area contributed by atoms with E-state index in [1.165, 1.54) is 5.56 Å². The number of ether oxygens (including phenoxy) is 1. The molecule has 0 bridgehead atoms. The molecule has 0 radical (unpaired) electrons. The average Bonchev–Trinajstić information content (AvgIpc) is 2.35. The molecule has 1 heterocycles. The van der Waals surface area contributed by atoms with Crippen molar-refractivity contribution in [2.75, 3.05) is 13.2 Å². The molecule has 2 atom stereocenters. The summed E-state index contributed by atoms with van der Waals surface area (Å²) in [5.41, 5.74) is 1.26. The fourth-order valence-corrected chi connectivity index (χ4v) is 2.15. The minimum absolute atomic E-state index is 0.110. The van der Waals surface area contributed by atoms with Crippen LogP contribution in [0.5, 0.6) is 5.75 Å². The summed E-state index contributed by atoms with van der Waals surface area (Å²) in [6.07, 6.45) is 6.54. The largest absolute Gasteiger partial charge is 0.493 e. The summed E-state index contributed by atoms with van der Waals surface area (Å²) in [7, 11) is 0. The van der Waals surface area contributed by atoms with E-state index < -0.39 is 0 Å². The van der Waals surface area contributed by atoms with Crippen LogP contribution in [0, 0.1) is 18.3 Å². The van der Waals surface area contributed by atoms with E-state index in [0.717, 1.165) is 18.7 Å². The predicted octanol–water partition coefficient (Wildman–Crippen LogP) is 1.85. The maximum absolute atomic E-state index is 5.73. The molecule has 2 rings (SSSR count). The topological polar surface area (TPSA) is 21.3 Å². The fraction of sp³-hybridized carbons (Fsp3) is 0.429. The van der Waals surface area contributed by atoms with E-state index in [1.807, 2.05) is 18.2 Å². The van der Waals surface area contributed by atoms with E-state index in [2.05, 4.69) is 24.2 Å². The molecule has 1 N–H and O–H groups in total. The lowest BCUT2D eigenvalue weighted by Gasteiger charge is -2.29. The highest BCUT2D eigenvalue weighted by atomic mass is 16.5. The van der Waals surface area contributed by atoms with Crippen molar-refractivity contribution in [3.8, 4) is 18.1 Å². The van der Waals surface area contributed by atoms with Gasteiger partial charge in [-0.2, -0.15) is 0 Å². The molecule has 2 nitrogen and oxygen atoms in total. The molecule has 1 aromatic rings. The Labute approximate surface area is 97.0 Å². The molecular weight excluding hydrogens is 198 g/mol. The second kappa shape index (κ2) is 5.05. The van der Waals surface area contributed by atoms with Gasteiger partial charge in [0.1, 0.15) is 5.75 Å².